The Morgan fingerprint density at radius 2 is 1.87 bits per heavy atom. The number of rotatable bonds is 5. The van der Waals surface area contributed by atoms with Crippen LogP contribution >= 0.6 is 0 Å². The van der Waals surface area contributed by atoms with E-state index in [1.807, 2.05) is 30.3 Å². The molecule has 3 heteroatoms. The third-order valence-electron chi connectivity index (χ3n) is 2.05. The van der Waals surface area contributed by atoms with Crippen LogP contribution in [0.1, 0.15) is 5.56 Å². The average molecular weight is 206 g/mol. The molecule has 0 radical (unpaired) electrons. The Labute approximate surface area is 89.7 Å². The van der Waals surface area contributed by atoms with Crippen LogP contribution in [-0.2, 0) is 0 Å². The van der Waals surface area contributed by atoms with Crippen LogP contribution in [0, 0.1) is 0 Å². The summed E-state index contributed by atoms with van der Waals surface area (Å²) in [5, 5.41) is 19.0. The fourth-order valence-corrected chi connectivity index (χ4v) is 1.34. The lowest BCUT2D eigenvalue weighted by Gasteiger charge is -2.20. The molecule has 0 aromatic heterocycles. The molecule has 0 aliphatic heterocycles. The molecular weight excluding hydrogens is 190 g/mol. The van der Waals surface area contributed by atoms with Crippen molar-refractivity contribution in [1.29, 1.82) is 0 Å². The second-order valence-electron chi connectivity index (χ2n) is 3.48. The second-order valence-corrected chi connectivity index (χ2v) is 3.48. The third-order valence-corrected chi connectivity index (χ3v) is 2.05. The molecule has 0 aliphatic carbocycles. The van der Waals surface area contributed by atoms with Gasteiger partial charge in [0.1, 0.15) is 0 Å². The van der Waals surface area contributed by atoms with Gasteiger partial charge >= 0.3 is 0 Å². The summed E-state index contributed by atoms with van der Waals surface area (Å²) in [6.45, 7) is 7.42. The van der Waals surface area contributed by atoms with E-state index in [-0.39, 0.29) is 13.1 Å². The van der Waals surface area contributed by atoms with Crippen LogP contribution in [0.4, 0.5) is 0 Å². The van der Waals surface area contributed by atoms with Crippen molar-refractivity contribution in [3.8, 4) is 0 Å². The van der Waals surface area contributed by atoms with E-state index in [4.69, 9.17) is 0 Å². The number of hydroxylamine groups is 4. The second kappa shape index (κ2) is 4.89. The van der Waals surface area contributed by atoms with Gasteiger partial charge in [-0.3, -0.25) is 0 Å². The van der Waals surface area contributed by atoms with Gasteiger partial charge in [0.05, 0.1) is 0 Å². The van der Waals surface area contributed by atoms with E-state index < -0.39 is 4.81 Å². The van der Waals surface area contributed by atoms with Crippen LogP contribution in [0.25, 0.3) is 5.57 Å². The molecule has 0 aliphatic rings. The maximum absolute atomic E-state index is 9.51. The van der Waals surface area contributed by atoms with Crippen LogP contribution in [0.3, 0.4) is 0 Å². The minimum atomic E-state index is -1.10. The summed E-state index contributed by atoms with van der Waals surface area (Å²) >= 11 is 0. The van der Waals surface area contributed by atoms with E-state index in [0.29, 0.717) is 5.57 Å². The van der Waals surface area contributed by atoms with Gasteiger partial charge in [-0.25, -0.2) is 0 Å². The van der Waals surface area contributed by atoms with Crippen LogP contribution in [0.5, 0.6) is 0 Å². The largest absolute Gasteiger partial charge is 0.182 e. The van der Waals surface area contributed by atoms with Crippen molar-refractivity contribution in [2.45, 2.75) is 0 Å². The quantitative estimate of drug-likeness (QED) is 0.441. The Morgan fingerprint density at radius 3 is 2.40 bits per heavy atom. The molecule has 0 fully saturated rings. The van der Waals surface area contributed by atoms with Gasteiger partial charge in [-0.05, 0) is 16.4 Å². The summed E-state index contributed by atoms with van der Waals surface area (Å²) in [5.74, 6) is 0. The highest BCUT2D eigenvalue weighted by Crippen LogP contribution is 2.14. The Kier molecular flexibility index (Phi) is 3.80. The summed E-state index contributed by atoms with van der Waals surface area (Å²) in [6, 6.07) is 9.45. The minimum absolute atomic E-state index is 0.0655. The van der Waals surface area contributed by atoms with Gasteiger partial charge in [0.2, 0.25) is 0 Å². The Balaban J connectivity index is 2.68. The predicted molar refractivity (Wildman–Crippen MR) is 59.2 cm³/mol. The van der Waals surface area contributed by atoms with Crippen molar-refractivity contribution >= 4 is 5.57 Å². The zero-order valence-electron chi connectivity index (χ0n) is 8.63. The molecule has 0 amide bonds. The molecule has 0 spiro atoms. The SMILES string of the molecule is C=CC[N+](O)(O)CC(=C)c1ccccc1. The average Bonchev–Trinajstić information content (AvgIpc) is 2.18. The first-order valence-electron chi connectivity index (χ1n) is 4.72. The van der Waals surface area contributed by atoms with Gasteiger partial charge in [-0.2, -0.15) is 10.4 Å². The van der Waals surface area contributed by atoms with E-state index in [0.717, 1.165) is 5.56 Å². The molecular formula is C12H16NO2+. The van der Waals surface area contributed by atoms with E-state index in [1.165, 1.54) is 6.08 Å². The zero-order valence-corrected chi connectivity index (χ0v) is 8.63. The number of hydrogen-bond acceptors (Lipinski definition) is 2. The standard InChI is InChI=1S/C12H16NO2/c1-3-9-13(14,15)10-11(2)12-7-5-4-6-8-12/h3-8,14-15H,1-2,9-10H2/q+1. The van der Waals surface area contributed by atoms with Crippen LogP contribution in [0.2, 0.25) is 0 Å². The van der Waals surface area contributed by atoms with Crippen molar-refractivity contribution in [3.05, 3.63) is 55.1 Å². The van der Waals surface area contributed by atoms with Gasteiger partial charge in [0.25, 0.3) is 0 Å². The molecule has 15 heavy (non-hydrogen) atoms. The smallest absolute Gasteiger partial charge is 0.167 e. The number of hydrogen-bond donors (Lipinski definition) is 2. The van der Waals surface area contributed by atoms with E-state index in [2.05, 4.69) is 13.2 Å². The summed E-state index contributed by atoms with van der Waals surface area (Å²) in [7, 11) is 0. The molecule has 0 atom stereocenters. The maximum Gasteiger partial charge on any atom is 0.167 e. The fraction of sp³-hybridized carbons (Fsp3) is 0.167. The van der Waals surface area contributed by atoms with E-state index in [9.17, 15) is 10.4 Å². The molecule has 1 aromatic carbocycles. The first-order valence-corrected chi connectivity index (χ1v) is 4.72. The Hall–Kier alpha value is -1.42. The lowest BCUT2D eigenvalue weighted by molar-refractivity contribution is -1.24. The molecule has 80 valence electrons. The van der Waals surface area contributed by atoms with Gasteiger partial charge < -0.3 is 0 Å². The van der Waals surface area contributed by atoms with Crippen molar-refractivity contribution in [2.24, 2.45) is 0 Å². The number of nitrogens with zero attached hydrogens (tertiary/aromatic N) is 1. The normalized spacial score (nSPS) is 11.1. The van der Waals surface area contributed by atoms with Gasteiger partial charge in [0, 0.05) is 5.57 Å². The molecule has 0 saturated heterocycles. The minimum Gasteiger partial charge on any atom is -0.182 e. The van der Waals surface area contributed by atoms with Crippen LogP contribution < -0.4 is 0 Å². The lowest BCUT2D eigenvalue weighted by Crippen LogP contribution is -2.42. The predicted octanol–water partition coefficient (Wildman–Crippen LogP) is 2.48. The summed E-state index contributed by atoms with van der Waals surface area (Å²) < 4.78 is 0. The first-order chi connectivity index (χ1) is 7.05. The van der Waals surface area contributed by atoms with Gasteiger partial charge in [0.15, 0.2) is 13.1 Å². The molecule has 0 unspecified atom stereocenters. The Morgan fingerprint density at radius 1 is 1.27 bits per heavy atom. The molecule has 1 rings (SSSR count). The number of benzene rings is 1. The van der Waals surface area contributed by atoms with Crippen molar-refractivity contribution in [1.82, 2.24) is 0 Å². The van der Waals surface area contributed by atoms with E-state index >= 15 is 0 Å². The van der Waals surface area contributed by atoms with Crippen LogP contribution in [0.15, 0.2) is 49.6 Å². The number of quaternary nitrogens is 1. The zero-order chi connectivity index (χ0) is 11.3. The summed E-state index contributed by atoms with van der Waals surface area (Å²) in [4.78, 5) is -1.10. The topological polar surface area (TPSA) is 40.5 Å². The molecule has 0 saturated carbocycles. The molecule has 0 heterocycles. The highest BCUT2D eigenvalue weighted by atomic mass is 16.8. The van der Waals surface area contributed by atoms with E-state index in [1.54, 1.807) is 0 Å². The lowest BCUT2D eigenvalue weighted by atomic mass is 10.1. The monoisotopic (exact) mass is 206 g/mol. The first kappa shape index (κ1) is 11.7. The van der Waals surface area contributed by atoms with Crippen molar-refractivity contribution in [3.63, 3.8) is 0 Å². The highest BCUT2D eigenvalue weighted by molar-refractivity contribution is 5.63. The Bertz CT molecular complexity index is 344. The van der Waals surface area contributed by atoms with Crippen LogP contribution in [-0.4, -0.2) is 28.3 Å². The summed E-state index contributed by atoms with van der Waals surface area (Å²) in [5.41, 5.74) is 1.59. The summed E-state index contributed by atoms with van der Waals surface area (Å²) in [6.07, 6.45) is 1.46. The maximum atomic E-state index is 9.51. The molecule has 3 nitrogen and oxygen atoms in total. The fourth-order valence-electron chi connectivity index (χ4n) is 1.34. The van der Waals surface area contributed by atoms with Crippen molar-refractivity contribution in [2.75, 3.05) is 13.1 Å². The molecule has 0 bridgehead atoms. The third kappa shape index (κ3) is 3.67. The molecule has 2 N–H and O–H groups in total. The highest BCUT2D eigenvalue weighted by Gasteiger charge is 2.22. The van der Waals surface area contributed by atoms with Crippen molar-refractivity contribution < 1.29 is 15.2 Å². The van der Waals surface area contributed by atoms with Gasteiger partial charge in [-0.1, -0.05) is 43.5 Å². The molecule has 1 aromatic rings. The van der Waals surface area contributed by atoms with Gasteiger partial charge in [-0.15, -0.1) is 0 Å².